The minimum absolute atomic E-state index is 0.0273. The summed E-state index contributed by atoms with van der Waals surface area (Å²) in [5.74, 6) is -5.37. The molecule has 46 heavy (non-hydrogen) atoms. The third kappa shape index (κ3) is 6.27. The smallest absolute Gasteiger partial charge is 0.468 e. The zero-order valence-electron chi connectivity index (χ0n) is 25.5. The van der Waals surface area contributed by atoms with Crippen LogP contribution in [0.2, 0.25) is 0 Å². The van der Waals surface area contributed by atoms with Crippen LogP contribution in [0.1, 0.15) is 57.6 Å². The Labute approximate surface area is 261 Å². The summed E-state index contributed by atoms with van der Waals surface area (Å²) >= 11 is 0. The summed E-state index contributed by atoms with van der Waals surface area (Å²) in [6.45, 7) is 6.39. The van der Waals surface area contributed by atoms with E-state index < -0.39 is 71.5 Å². The van der Waals surface area contributed by atoms with Crippen molar-refractivity contribution in [3.05, 3.63) is 59.7 Å². The van der Waals surface area contributed by atoms with Crippen LogP contribution in [-0.4, -0.2) is 54.6 Å². The molecule has 0 spiro atoms. The van der Waals surface area contributed by atoms with Crippen LogP contribution in [0.25, 0.3) is 0 Å². The van der Waals surface area contributed by atoms with Gasteiger partial charge in [0.15, 0.2) is 0 Å². The van der Waals surface area contributed by atoms with E-state index in [9.17, 15) is 40.7 Å². The van der Waals surface area contributed by atoms with Gasteiger partial charge in [-0.2, -0.15) is 0 Å². The maximum atomic E-state index is 14.5. The molecule has 2 aromatic carbocycles. The fraction of sp³-hybridized carbons (Fsp3) is 0.531. The molecule has 250 valence electrons. The molecule has 8 nitrogen and oxygen atoms in total. The maximum Gasteiger partial charge on any atom is 0.573 e. The van der Waals surface area contributed by atoms with Crippen molar-refractivity contribution in [3.63, 3.8) is 0 Å². The number of nitrogens with one attached hydrogen (secondary N) is 1. The van der Waals surface area contributed by atoms with Gasteiger partial charge in [-0.1, -0.05) is 45.0 Å². The largest absolute Gasteiger partial charge is 0.573 e. The highest BCUT2D eigenvalue weighted by Gasteiger charge is 2.69. The van der Waals surface area contributed by atoms with E-state index in [1.807, 2.05) is 0 Å². The normalized spacial score (nSPS) is 26.6. The number of benzene rings is 2. The second-order valence-electron chi connectivity index (χ2n) is 13.0. The van der Waals surface area contributed by atoms with E-state index in [-0.39, 0.29) is 16.5 Å². The van der Waals surface area contributed by atoms with Crippen LogP contribution in [0, 0.1) is 23.2 Å². The molecular formula is C32H34F6N2O6. The predicted octanol–water partition coefficient (Wildman–Crippen LogP) is 6.08. The monoisotopic (exact) mass is 656 g/mol. The van der Waals surface area contributed by atoms with Gasteiger partial charge in [-0.05, 0) is 72.4 Å². The molecule has 2 heterocycles. The average molecular weight is 657 g/mol. The Hall–Kier alpha value is -3.81. The molecule has 1 saturated carbocycles. The lowest BCUT2D eigenvalue weighted by Crippen LogP contribution is -2.53. The van der Waals surface area contributed by atoms with Crippen LogP contribution in [0.5, 0.6) is 11.5 Å². The molecule has 0 bridgehead atoms. The predicted molar refractivity (Wildman–Crippen MR) is 150 cm³/mol. The topological polar surface area (TPSA) is 94.2 Å². The van der Waals surface area contributed by atoms with Gasteiger partial charge in [0.1, 0.15) is 17.5 Å². The lowest BCUT2D eigenvalue weighted by molar-refractivity contribution is -0.275. The molecule has 3 atom stereocenters. The quantitative estimate of drug-likeness (QED) is 0.229. The Morgan fingerprint density at radius 1 is 0.783 bits per heavy atom. The number of alkyl halides is 6. The summed E-state index contributed by atoms with van der Waals surface area (Å²) in [4.78, 5) is 43.0. The van der Waals surface area contributed by atoms with Crippen molar-refractivity contribution in [2.45, 2.75) is 76.8 Å². The van der Waals surface area contributed by atoms with Gasteiger partial charge in [0.05, 0.1) is 24.5 Å². The van der Waals surface area contributed by atoms with Gasteiger partial charge in [-0.25, -0.2) is 0 Å². The summed E-state index contributed by atoms with van der Waals surface area (Å²) in [6.07, 6.45) is -7.33. The van der Waals surface area contributed by atoms with Crippen LogP contribution in [0.15, 0.2) is 48.5 Å². The molecule has 0 radical (unpaired) electrons. The molecule has 3 fully saturated rings. The van der Waals surface area contributed by atoms with Gasteiger partial charge >= 0.3 is 18.7 Å². The molecule has 2 aliphatic heterocycles. The first-order chi connectivity index (χ1) is 21.4. The molecule has 1 N–H and O–H groups in total. The van der Waals surface area contributed by atoms with Crippen molar-refractivity contribution in [2.24, 2.45) is 23.2 Å². The summed E-state index contributed by atoms with van der Waals surface area (Å²) in [7, 11) is 1.11. The fourth-order valence-corrected chi connectivity index (χ4v) is 7.35. The minimum atomic E-state index is -4.99. The van der Waals surface area contributed by atoms with E-state index >= 15 is 0 Å². The Morgan fingerprint density at radius 3 is 1.63 bits per heavy atom. The number of likely N-dealkylation sites (tertiary alicyclic amines) is 1. The van der Waals surface area contributed by atoms with Gasteiger partial charge in [-0.3, -0.25) is 24.6 Å². The van der Waals surface area contributed by atoms with Crippen molar-refractivity contribution in [1.82, 2.24) is 10.2 Å². The SMILES string of the molecule is COC(=O)[C@@H]1NC(c2ccc(OC(F)(F)F)cc2)(c2ccc(OC(F)(F)F)cc2)[C@H]2C(=O)N(C3CCC(C(C)(C)C)CC3)C(=O)[C@@H]12. The third-order valence-electron chi connectivity index (χ3n) is 9.42. The van der Waals surface area contributed by atoms with Crippen molar-refractivity contribution in [2.75, 3.05) is 7.11 Å². The van der Waals surface area contributed by atoms with Crippen molar-refractivity contribution in [3.8, 4) is 11.5 Å². The number of fused-ring (bicyclic) bond motifs is 1. The first-order valence-corrected chi connectivity index (χ1v) is 14.8. The molecule has 0 unspecified atom stereocenters. The van der Waals surface area contributed by atoms with E-state index in [4.69, 9.17) is 4.74 Å². The maximum absolute atomic E-state index is 14.5. The third-order valence-corrected chi connectivity index (χ3v) is 9.42. The number of imide groups is 1. The number of esters is 1. The van der Waals surface area contributed by atoms with E-state index in [0.717, 1.165) is 44.2 Å². The van der Waals surface area contributed by atoms with E-state index in [0.29, 0.717) is 18.8 Å². The summed E-state index contributed by atoms with van der Waals surface area (Å²) in [5, 5.41) is 3.07. The van der Waals surface area contributed by atoms with Gasteiger partial charge < -0.3 is 14.2 Å². The van der Waals surface area contributed by atoms with Gasteiger partial charge in [0.2, 0.25) is 11.8 Å². The lowest BCUT2D eigenvalue weighted by Gasteiger charge is -2.41. The Bertz CT molecular complexity index is 1400. The number of rotatable bonds is 6. The van der Waals surface area contributed by atoms with Crippen LogP contribution < -0.4 is 14.8 Å². The first-order valence-electron chi connectivity index (χ1n) is 14.8. The number of hydrogen-bond donors (Lipinski definition) is 1. The standard InChI is InChI=1S/C32H34F6N2O6/c1-29(2,3)17-5-11-20(12-6-17)40-26(41)23-24(27(40)42)30(39-25(23)28(43)44-4,18-7-13-21(14-8-18)45-31(33,34)35)19-9-15-22(16-10-19)46-32(36,37)38/h7-10,13-17,20,23-25,39H,5-6,11-12H2,1-4H3/t17?,20?,23-,24-,25-/m1/s1. The highest BCUT2D eigenvalue weighted by molar-refractivity contribution is 6.09. The van der Waals surface area contributed by atoms with Crippen LogP contribution in [-0.2, 0) is 24.7 Å². The molecule has 5 rings (SSSR count). The van der Waals surface area contributed by atoms with Gasteiger partial charge in [0.25, 0.3) is 0 Å². The average Bonchev–Trinajstić information content (AvgIpc) is 3.45. The molecule has 0 aromatic heterocycles. The highest BCUT2D eigenvalue weighted by atomic mass is 19.4. The number of nitrogens with zero attached hydrogens (tertiary/aromatic N) is 1. The molecule has 2 saturated heterocycles. The number of carbonyl (C=O) groups excluding carboxylic acids is 3. The number of methoxy groups -OCH3 is 1. The number of amides is 2. The molecule has 3 aliphatic rings. The number of carbonyl (C=O) groups is 3. The highest BCUT2D eigenvalue weighted by Crippen LogP contribution is 2.53. The summed E-state index contributed by atoms with van der Waals surface area (Å²) < 4.78 is 90.6. The van der Waals surface area contributed by atoms with E-state index in [2.05, 4.69) is 35.6 Å². The van der Waals surface area contributed by atoms with Crippen LogP contribution in [0.4, 0.5) is 26.3 Å². The van der Waals surface area contributed by atoms with Crippen molar-refractivity contribution in [1.29, 1.82) is 0 Å². The number of hydrogen-bond acceptors (Lipinski definition) is 7. The summed E-state index contributed by atoms with van der Waals surface area (Å²) in [6, 6.07) is 7.26. The number of halogens is 6. The van der Waals surface area contributed by atoms with E-state index in [1.54, 1.807) is 0 Å². The lowest BCUT2D eigenvalue weighted by atomic mass is 9.71. The zero-order chi connectivity index (χ0) is 33.8. The Balaban J connectivity index is 1.62. The van der Waals surface area contributed by atoms with E-state index in [1.165, 1.54) is 29.2 Å². The van der Waals surface area contributed by atoms with Crippen molar-refractivity contribution >= 4 is 17.8 Å². The van der Waals surface area contributed by atoms with Crippen molar-refractivity contribution < 1.29 is 54.9 Å². The Kier molecular flexibility index (Phi) is 8.58. The van der Waals surface area contributed by atoms with Crippen LogP contribution >= 0.6 is 0 Å². The molecule has 1 aliphatic carbocycles. The second kappa shape index (κ2) is 11.8. The molecule has 2 amide bonds. The van der Waals surface area contributed by atoms with Gasteiger partial charge in [0, 0.05) is 6.04 Å². The first kappa shape index (κ1) is 33.6. The fourth-order valence-electron chi connectivity index (χ4n) is 7.35. The molecular weight excluding hydrogens is 622 g/mol. The Morgan fingerprint density at radius 2 is 1.24 bits per heavy atom. The second-order valence-corrected chi connectivity index (χ2v) is 13.0. The summed E-state index contributed by atoms with van der Waals surface area (Å²) in [5.41, 5.74) is -1.37. The molecule has 2 aromatic rings. The van der Waals surface area contributed by atoms with Crippen LogP contribution in [0.3, 0.4) is 0 Å². The van der Waals surface area contributed by atoms with Gasteiger partial charge in [-0.15, -0.1) is 26.3 Å². The zero-order valence-corrected chi connectivity index (χ0v) is 25.5. The number of ether oxygens (including phenoxy) is 3. The minimum Gasteiger partial charge on any atom is -0.468 e. The molecule has 14 heteroatoms.